The smallest absolute Gasteiger partial charge is 0.328 e. The minimum Gasteiger partial charge on any atom is -0.464 e. The first-order chi connectivity index (χ1) is 7.54. The van der Waals surface area contributed by atoms with Crippen LogP contribution in [0.3, 0.4) is 0 Å². The van der Waals surface area contributed by atoms with Gasteiger partial charge < -0.3 is 4.74 Å². The van der Waals surface area contributed by atoms with Gasteiger partial charge in [-0.3, -0.25) is 19.1 Å². The van der Waals surface area contributed by atoms with Gasteiger partial charge in [0.05, 0.1) is 12.7 Å². The minimum absolute atomic E-state index is 0.00171. The summed E-state index contributed by atoms with van der Waals surface area (Å²) in [6, 6.07) is 0. The van der Waals surface area contributed by atoms with Crippen LogP contribution in [0.25, 0.3) is 0 Å². The predicted molar refractivity (Wildman–Crippen MR) is 52.5 cm³/mol. The molecule has 1 N–H and O–H groups in total. The molecule has 0 bridgehead atoms. The molecule has 1 heterocycles. The first kappa shape index (κ1) is 12.2. The molecular formula is C9H11FN2O4. The molecule has 0 aliphatic rings. The molecule has 0 unspecified atom stereocenters. The fourth-order valence-corrected chi connectivity index (χ4v) is 1.01. The van der Waals surface area contributed by atoms with E-state index < -0.39 is 23.0 Å². The van der Waals surface area contributed by atoms with E-state index in [1.165, 1.54) is 0 Å². The van der Waals surface area contributed by atoms with E-state index in [4.69, 9.17) is 4.74 Å². The van der Waals surface area contributed by atoms with Crippen molar-refractivity contribution >= 4 is 5.97 Å². The monoisotopic (exact) mass is 230 g/mol. The van der Waals surface area contributed by atoms with Crippen LogP contribution in [-0.2, 0) is 16.1 Å². The number of carbonyl (C=O) groups is 1. The van der Waals surface area contributed by atoms with E-state index in [-0.39, 0.29) is 19.6 Å². The summed E-state index contributed by atoms with van der Waals surface area (Å²) in [4.78, 5) is 34.4. The summed E-state index contributed by atoms with van der Waals surface area (Å²) in [5.41, 5.74) is -1.80. The average molecular weight is 230 g/mol. The lowest BCUT2D eigenvalue weighted by Gasteiger charge is -2.05. The predicted octanol–water partition coefficient (Wildman–Crippen LogP) is -0.371. The van der Waals surface area contributed by atoms with Gasteiger partial charge in [0.2, 0.25) is 5.82 Å². The van der Waals surface area contributed by atoms with E-state index in [2.05, 4.69) is 0 Å². The van der Waals surface area contributed by atoms with Crippen LogP contribution in [0.5, 0.6) is 0 Å². The molecule has 0 atom stereocenters. The maximum atomic E-state index is 12.8. The Morgan fingerprint density at radius 3 is 2.88 bits per heavy atom. The van der Waals surface area contributed by atoms with E-state index >= 15 is 0 Å². The van der Waals surface area contributed by atoms with Gasteiger partial charge in [0, 0.05) is 6.42 Å². The molecule has 0 aliphatic heterocycles. The summed E-state index contributed by atoms with van der Waals surface area (Å²) in [6.07, 6.45) is 1.01. The quantitative estimate of drug-likeness (QED) is 0.715. The maximum Gasteiger partial charge on any atom is 0.328 e. The summed E-state index contributed by atoms with van der Waals surface area (Å²) < 4.78 is 18.4. The summed E-state index contributed by atoms with van der Waals surface area (Å²) in [7, 11) is 0. The van der Waals surface area contributed by atoms with Gasteiger partial charge in [-0.1, -0.05) is 6.92 Å². The topological polar surface area (TPSA) is 81.2 Å². The number of aromatic amines is 1. The summed E-state index contributed by atoms with van der Waals surface area (Å²) in [5, 5.41) is 0. The zero-order valence-electron chi connectivity index (χ0n) is 8.66. The van der Waals surface area contributed by atoms with Crippen LogP contribution in [0.2, 0.25) is 0 Å². The number of esters is 1. The van der Waals surface area contributed by atoms with Crippen molar-refractivity contribution in [3.8, 4) is 0 Å². The molecule has 0 aliphatic carbocycles. The molecule has 1 aromatic heterocycles. The molecule has 0 saturated heterocycles. The van der Waals surface area contributed by atoms with E-state index in [0.717, 1.165) is 10.8 Å². The van der Waals surface area contributed by atoms with Crippen molar-refractivity contribution < 1.29 is 13.9 Å². The lowest BCUT2D eigenvalue weighted by Crippen LogP contribution is -2.32. The molecule has 0 saturated carbocycles. The summed E-state index contributed by atoms with van der Waals surface area (Å²) in [6.45, 7) is 1.59. The fourth-order valence-electron chi connectivity index (χ4n) is 1.01. The zero-order valence-corrected chi connectivity index (χ0v) is 8.66. The average Bonchev–Trinajstić information content (AvgIpc) is 2.25. The molecule has 6 nitrogen and oxygen atoms in total. The highest BCUT2D eigenvalue weighted by Gasteiger charge is 2.04. The fraction of sp³-hybridized carbons (Fsp3) is 0.444. The molecule has 0 radical (unpaired) electrons. The van der Waals surface area contributed by atoms with Gasteiger partial charge in [0.25, 0.3) is 5.56 Å². The van der Waals surface area contributed by atoms with Gasteiger partial charge >= 0.3 is 11.7 Å². The summed E-state index contributed by atoms with van der Waals surface area (Å²) >= 11 is 0. The SMILES string of the molecule is CCC(=O)OCCn1cc(F)c(=O)[nH]c1=O. The minimum atomic E-state index is -1.06. The van der Waals surface area contributed by atoms with Crippen LogP contribution in [0.4, 0.5) is 4.39 Å². The Labute approximate surface area is 89.7 Å². The second-order valence-electron chi connectivity index (χ2n) is 3.00. The lowest BCUT2D eigenvalue weighted by molar-refractivity contribution is -0.143. The zero-order chi connectivity index (χ0) is 12.1. The van der Waals surface area contributed by atoms with E-state index in [1.54, 1.807) is 11.9 Å². The van der Waals surface area contributed by atoms with Crippen molar-refractivity contribution in [3.05, 3.63) is 32.9 Å². The van der Waals surface area contributed by atoms with Crippen LogP contribution in [0, 0.1) is 5.82 Å². The number of rotatable bonds is 4. The Kier molecular flexibility index (Phi) is 3.98. The second kappa shape index (κ2) is 5.24. The number of ether oxygens (including phenoxy) is 1. The van der Waals surface area contributed by atoms with Gasteiger partial charge in [-0.2, -0.15) is 4.39 Å². The largest absolute Gasteiger partial charge is 0.464 e. The Bertz CT molecular complexity index is 491. The van der Waals surface area contributed by atoms with E-state index in [9.17, 15) is 18.8 Å². The number of halogens is 1. The van der Waals surface area contributed by atoms with E-state index in [0.29, 0.717) is 0 Å². The number of H-pyrrole nitrogens is 1. The molecule has 0 fully saturated rings. The molecule has 7 heteroatoms. The molecule has 88 valence electrons. The third kappa shape index (κ3) is 3.04. The molecular weight excluding hydrogens is 219 g/mol. The van der Waals surface area contributed by atoms with Crippen LogP contribution < -0.4 is 11.2 Å². The number of carbonyl (C=O) groups excluding carboxylic acids is 1. The number of nitrogens with zero attached hydrogens (tertiary/aromatic N) is 1. The number of hydrogen-bond donors (Lipinski definition) is 1. The molecule has 1 aromatic rings. The van der Waals surface area contributed by atoms with Crippen molar-refractivity contribution in [2.24, 2.45) is 0 Å². The van der Waals surface area contributed by atoms with Gasteiger partial charge in [0.15, 0.2) is 0 Å². The Morgan fingerprint density at radius 2 is 2.25 bits per heavy atom. The molecule has 0 spiro atoms. The van der Waals surface area contributed by atoms with Gasteiger partial charge in [-0.05, 0) is 0 Å². The lowest BCUT2D eigenvalue weighted by atomic mass is 10.5. The second-order valence-corrected chi connectivity index (χ2v) is 3.00. The van der Waals surface area contributed by atoms with Crippen LogP contribution in [0.1, 0.15) is 13.3 Å². The summed E-state index contributed by atoms with van der Waals surface area (Å²) in [5.74, 6) is -1.46. The van der Waals surface area contributed by atoms with Crippen LogP contribution >= 0.6 is 0 Å². The Balaban J connectivity index is 2.68. The Morgan fingerprint density at radius 1 is 1.56 bits per heavy atom. The molecule has 0 amide bonds. The normalized spacial score (nSPS) is 10.1. The van der Waals surface area contributed by atoms with Gasteiger partial charge in [0.1, 0.15) is 6.61 Å². The third-order valence-corrected chi connectivity index (χ3v) is 1.85. The maximum absolute atomic E-state index is 12.8. The highest BCUT2D eigenvalue weighted by molar-refractivity contribution is 5.68. The standard InChI is InChI=1S/C9H11FN2O4/c1-2-7(13)16-4-3-12-5-6(10)8(14)11-9(12)15/h5H,2-4H2,1H3,(H,11,14,15). The number of nitrogens with one attached hydrogen (secondary N) is 1. The number of hydrogen-bond acceptors (Lipinski definition) is 4. The molecule has 1 rings (SSSR count). The van der Waals surface area contributed by atoms with Crippen LogP contribution in [0.15, 0.2) is 15.8 Å². The highest BCUT2D eigenvalue weighted by atomic mass is 19.1. The van der Waals surface area contributed by atoms with Gasteiger partial charge in [-0.25, -0.2) is 4.79 Å². The molecule has 16 heavy (non-hydrogen) atoms. The Hall–Kier alpha value is -1.92. The van der Waals surface area contributed by atoms with Crippen molar-refractivity contribution in [1.29, 1.82) is 0 Å². The van der Waals surface area contributed by atoms with Crippen molar-refractivity contribution in [1.82, 2.24) is 9.55 Å². The first-order valence-electron chi connectivity index (χ1n) is 4.69. The number of aromatic nitrogens is 2. The van der Waals surface area contributed by atoms with Crippen molar-refractivity contribution in [2.75, 3.05) is 6.61 Å². The van der Waals surface area contributed by atoms with Crippen molar-refractivity contribution in [3.63, 3.8) is 0 Å². The van der Waals surface area contributed by atoms with Crippen LogP contribution in [-0.4, -0.2) is 22.1 Å². The van der Waals surface area contributed by atoms with Crippen molar-refractivity contribution in [2.45, 2.75) is 19.9 Å². The highest BCUT2D eigenvalue weighted by Crippen LogP contribution is 1.88. The van der Waals surface area contributed by atoms with Gasteiger partial charge in [-0.15, -0.1) is 0 Å². The third-order valence-electron chi connectivity index (χ3n) is 1.85. The first-order valence-corrected chi connectivity index (χ1v) is 4.69. The molecule has 0 aromatic carbocycles. The van der Waals surface area contributed by atoms with E-state index in [1.807, 2.05) is 0 Å².